The lowest BCUT2D eigenvalue weighted by Crippen LogP contribution is -2.34. The first-order valence-corrected chi connectivity index (χ1v) is 18.1. The molecule has 3 heterocycles. The summed E-state index contributed by atoms with van der Waals surface area (Å²) < 4.78 is 8.91. The van der Waals surface area contributed by atoms with Gasteiger partial charge in [0, 0.05) is 41.9 Å². The van der Waals surface area contributed by atoms with Crippen LogP contribution in [0.2, 0.25) is 0 Å². The molecule has 0 saturated carbocycles. The largest absolute Gasteiger partial charge is 0.456 e. The highest BCUT2D eigenvalue weighted by Gasteiger charge is 2.31. The van der Waals surface area contributed by atoms with Gasteiger partial charge in [-0.2, -0.15) is 0 Å². The van der Waals surface area contributed by atoms with Crippen molar-refractivity contribution in [1.82, 2.24) is 15.0 Å². The maximum absolute atomic E-state index is 6.33. The number of nitrogens with zero attached hydrogens (tertiary/aromatic N) is 3. The minimum absolute atomic E-state index is 0.487. The van der Waals surface area contributed by atoms with Crippen LogP contribution < -0.4 is 10.6 Å². The lowest BCUT2D eigenvalue weighted by Gasteiger charge is -2.25. The average molecular weight is 674 g/mol. The minimum atomic E-state index is -0.487. The van der Waals surface area contributed by atoms with Crippen molar-refractivity contribution in [2.75, 3.05) is 0 Å². The SMILES string of the molecule is CC1(c2nc(-c3ccccc3)nc(-c3cccc(-c4cccc5c4sc4c(-c6ccccc6)cccc45)c3)n2)C=c2oc3ccccc3c2=CC1. The molecule has 4 nitrogen and oxygen atoms in total. The molecule has 1 aliphatic carbocycles. The summed E-state index contributed by atoms with van der Waals surface area (Å²) >= 11 is 1.86. The molecule has 0 radical (unpaired) electrons. The number of furan rings is 1. The van der Waals surface area contributed by atoms with Gasteiger partial charge >= 0.3 is 0 Å². The summed E-state index contributed by atoms with van der Waals surface area (Å²) in [5.74, 6) is 2.03. The summed E-state index contributed by atoms with van der Waals surface area (Å²) in [6.45, 7) is 2.19. The van der Waals surface area contributed by atoms with Crippen molar-refractivity contribution in [1.29, 1.82) is 0 Å². The fourth-order valence-corrected chi connectivity index (χ4v) is 8.79. The Balaban J connectivity index is 1.12. The van der Waals surface area contributed by atoms with Crippen molar-refractivity contribution in [2.24, 2.45) is 0 Å². The normalized spacial score (nSPS) is 15.5. The number of rotatable bonds is 5. The topological polar surface area (TPSA) is 51.8 Å². The predicted octanol–water partition coefficient (Wildman–Crippen LogP) is 10.6. The minimum Gasteiger partial charge on any atom is -0.456 e. The summed E-state index contributed by atoms with van der Waals surface area (Å²) in [6, 6.07) is 51.0. The zero-order valence-corrected chi connectivity index (χ0v) is 28.7. The Labute approximate surface area is 298 Å². The number of benzene rings is 6. The molecule has 0 saturated heterocycles. The third-order valence-electron chi connectivity index (χ3n) is 10.1. The number of thiophene rings is 1. The first kappa shape index (κ1) is 29.7. The molecule has 0 fully saturated rings. The molecule has 0 N–H and O–H groups in total. The Morgan fingerprint density at radius 3 is 1.86 bits per heavy atom. The van der Waals surface area contributed by atoms with E-state index < -0.39 is 5.41 Å². The predicted molar refractivity (Wildman–Crippen MR) is 211 cm³/mol. The lowest BCUT2D eigenvalue weighted by atomic mass is 9.82. The molecule has 0 amide bonds. The standard InChI is InChI=1S/C46H31N3OS/c1-46(26-25-36-35-19-8-9-24-39(35)50-40(36)28-46)45-48-43(30-15-6-3-7-16-30)47-44(49-45)32-18-10-17-31(27-32)34-21-12-23-38-37-22-11-20-33(41(37)51-42(34)38)29-13-4-2-5-14-29/h2-25,27-28H,26H2,1H3. The Hall–Kier alpha value is -6.17. The van der Waals surface area contributed by atoms with Gasteiger partial charge < -0.3 is 4.42 Å². The number of fused-ring (bicyclic) bond motifs is 6. The monoisotopic (exact) mass is 673 g/mol. The summed E-state index contributed by atoms with van der Waals surface area (Å²) in [5.41, 5.74) is 8.00. The van der Waals surface area contributed by atoms with Gasteiger partial charge in [-0.25, -0.2) is 15.0 Å². The number of hydrogen-bond donors (Lipinski definition) is 0. The summed E-state index contributed by atoms with van der Waals surface area (Å²) in [4.78, 5) is 15.4. The molecule has 51 heavy (non-hydrogen) atoms. The van der Waals surface area contributed by atoms with Crippen LogP contribution in [0.4, 0.5) is 0 Å². The van der Waals surface area contributed by atoms with Gasteiger partial charge in [0.15, 0.2) is 11.6 Å². The average Bonchev–Trinajstić information content (AvgIpc) is 3.76. The van der Waals surface area contributed by atoms with E-state index in [-0.39, 0.29) is 0 Å². The van der Waals surface area contributed by atoms with Gasteiger partial charge in [-0.05, 0) is 53.8 Å². The third kappa shape index (κ3) is 5.00. The van der Waals surface area contributed by atoms with E-state index in [9.17, 15) is 0 Å². The first-order valence-electron chi connectivity index (χ1n) is 17.2. The van der Waals surface area contributed by atoms with Crippen LogP contribution >= 0.6 is 11.3 Å². The van der Waals surface area contributed by atoms with E-state index in [1.165, 1.54) is 36.9 Å². The van der Waals surface area contributed by atoms with E-state index in [4.69, 9.17) is 19.4 Å². The fraction of sp³-hybridized carbons (Fsp3) is 0.0652. The molecule has 0 bridgehead atoms. The van der Waals surface area contributed by atoms with Crippen LogP contribution in [-0.2, 0) is 5.41 Å². The van der Waals surface area contributed by atoms with E-state index in [1.807, 2.05) is 41.7 Å². The van der Waals surface area contributed by atoms with Crippen LogP contribution in [0.15, 0.2) is 150 Å². The van der Waals surface area contributed by atoms with Crippen LogP contribution in [0, 0.1) is 0 Å². The van der Waals surface area contributed by atoms with Crippen molar-refractivity contribution < 1.29 is 4.42 Å². The molecule has 1 unspecified atom stereocenters. The Kier molecular flexibility index (Phi) is 6.83. The van der Waals surface area contributed by atoms with Crippen LogP contribution in [0.25, 0.3) is 88.3 Å². The Bertz CT molecular complexity index is 2910. The highest BCUT2D eigenvalue weighted by molar-refractivity contribution is 7.26. The van der Waals surface area contributed by atoms with E-state index in [2.05, 4.69) is 134 Å². The van der Waals surface area contributed by atoms with Gasteiger partial charge in [-0.15, -0.1) is 11.3 Å². The van der Waals surface area contributed by atoms with Gasteiger partial charge in [0.1, 0.15) is 16.8 Å². The summed E-state index contributed by atoms with van der Waals surface area (Å²) in [7, 11) is 0. The number of hydrogen-bond acceptors (Lipinski definition) is 5. The van der Waals surface area contributed by atoms with Crippen LogP contribution in [0.1, 0.15) is 19.2 Å². The Morgan fingerprint density at radius 1 is 0.549 bits per heavy atom. The number of aromatic nitrogens is 3. The molecule has 3 aromatic heterocycles. The second-order valence-corrected chi connectivity index (χ2v) is 14.5. The highest BCUT2D eigenvalue weighted by atomic mass is 32.1. The molecule has 0 spiro atoms. The van der Waals surface area contributed by atoms with E-state index in [0.29, 0.717) is 11.6 Å². The van der Waals surface area contributed by atoms with Gasteiger partial charge in [0.05, 0.1) is 5.41 Å². The molecule has 0 aliphatic heterocycles. The fourth-order valence-electron chi connectivity index (χ4n) is 7.42. The molecule has 5 heteroatoms. The van der Waals surface area contributed by atoms with E-state index >= 15 is 0 Å². The molecule has 1 aliphatic rings. The molecule has 9 aromatic rings. The van der Waals surface area contributed by atoms with Crippen molar-refractivity contribution in [3.8, 4) is 45.0 Å². The summed E-state index contributed by atoms with van der Waals surface area (Å²) in [5, 5.41) is 4.82. The quantitative estimate of drug-likeness (QED) is 0.182. The molecule has 6 aromatic carbocycles. The van der Waals surface area contributed by atoms with Crippen molar-refractivity contribution in [3.05, 3.63) is 162 Å². The zero-order chi connectivity index (χ0) is 33.9. The smallest absolute Gasteiger partial charge is 0.163 e. The van der Waals surface area contributed by atoms with Gasteiger partial charge in [0.2, 0.25) is 0 Å². The first-order chi connectivity index (χ1) is 25.1. The van der Waals surface area contributed by atoms with Crippen LogP contribution in [0.3, 0.4) is 0 Å². The number of para-hydroxylation sites is 1. The molecule has 10 rings (SSSR count). The van der Waals surface area contributed by atoms with Crippen LogP contribution in [0.5, 0.6) is 0 Å². The molecular formula is C46H31N3OS. The molecular weight excluding hydrogens is 643 g/mol. The third-order valence-corrected chi connectivity index (χ3v) is 11.3. The second kappa shape index (κ2) is 11.7. The van der Waals surface area contributed by atoms with Crippen molar-refractivity contribution >= 4 is 54.6 Å². The molecule has 242 valence electrons. The lowest BCUT2D eigenvalue weighted by molar-refractivity contribution is 0.539. The van der Waals surface area contributed by atoms with E-state index in [1.54, 1.807) is 0 Å². The van der Waals surface area contributed by atoms with Gasteiger partial charge in [-0.1, -0.05) is 140 Å². The molecule has 1 atom stereocenters. The highest BCUT2D eigenvalue weighted by Crippen LogP contribution is 2.44. The Morgan fingerprint density at radius 2 is 1.12 bits per heavy atom. The van der Waals surface area contributed by atoms with Crippen molar-refractivity contribution in [2.45, 2.75) is 18.8 Å². The zero-order valence-electron chi connectivity index (χ0n) is 27.9. The maximum Gasteiger partial charge on any atom is 0.163 e. The summed E-state index contributed by atoms with van der Waals surface area (Å²) in [6.07, 6.45) is 5.21. The maximum atomic E-state index is 6.33. The van der Waals surface area contributed by atoms with Gasteiger partial charge in [-0.3, -0.25) is 0 Å². The van der Waals surface area contributed by atoms with Crippen molar-refractivity contribution in [3.63, 3.8) is 0 Å². The van der Waals surface area contributed by atoms with Crippen LogP contribution in [-0.4, -0.2) is 15.0 Å². The van der Waals surface area contributed by atoms with E-state index in [0.717, 1.165) is 50.5 Å². The second-order valence-electron chi connectivity index (χ2n) is 13.4. The van der Waals surface area contributed by atoms with Gasteiger partial charge in [0.25, 0.3) is 0 Å².